The number of hydrogen-bond acceptors (Lipinski definition) is 15. The van der Waals surface area contributed by atoms with Gasteiger partial charge in [-0.2, -0.15) is 0 Å². The van der Waals surface area contributed by atoms with Gasteiger partial charge in [0.15, 0.2) is 24.1 Å². The van der Waals surface area contributed by atoms with Crippen LogP contribution >= 0.6 is 0 Å². The van der Waals surface area contributed by atoms with Gasteiger partial charge in [-0.05, 0) is 97.1 Å². The molecule has 13 atom stereocenters. The number of carbonyl (C=O) groups excluding carboxylic acids is 5. The Labute approximate surface area is 369 Å². The lowest BCUT2D eigenvalue weighted by Crippen LogP contribution is -2.77. The maximum absolute atomic E-state index is 14.6. The fourth-order valence-electron chi connectivity index (χ4n) is 10.6. The lowest BCUT2D eigenvalue weighted by atomic mass is 9.54. The molecule has 1 aromatic carbocycles. The van der Waals surface area contributed by atoms with Gasteiger partial charge in [0.1, 0.15) is 30.0 Å². The molecule has 2 aliphatic heterocycles. The van der Waals surface area contributed by atoms with Crippen molar-refractivity contribution in [3.63, 3.8) is 0 Å². The summed E-state index contributed by atoms with van der Waals surface area (Å²) in [7, 11) is 0. The molecule has 63 heavy (non-hydrogen) atoms. The average Bonchev–Trinajstić information content (AvgIpc) is 3.39. The Morgan fingerprint density at radius 1 is 0.952 bits per heavy atom. The lowest BCUT2D eigenvalue weighted by molar-refractivity contribution is -0.366. The lowest BCUT2D eigenvalue weighted by Gasteiger charge is -2.63. The van der Waals surface area contributed by atoms with Crippen LogP contribution in [-0.4, -0.2) is 119 Å². The first-order chi connectivity index (χ1) is 29.3. The van der Waals surface area contributed by atoms with E-state index in [-0.39, 0.29) is 42.9 Å². The van der Waals surface area contributed by atoms with Gasteiger partial charge in [-0.25, -0.2) is 14.4 Å². The Hall–Kier alpha value is -4.35. The summed E-state index contributed by atoms with van der Waals surface area (Å²) in [5.41, 5.74) is -4.30. The summed E-state index contributed by atoms with van der Waals surface area (Å²) < 4.78 is 50.7. The Morgan fingerprint density at radius 2 is 1.62 bits per heavy atom. The third-order valence-electron chi connectivity index (χ3n) is 12.9. The smallest absolute Gasteiger partial charge is 0.407 e. The number of ether oxygens (including phenoxy) is 8. The summed E-state index contributed by atoms with van der Waals surface area (Å²) in [6, 6.07) is 7.15. The van der Waals surface area contributed by atoms with E-state index in [0.717, 1.165) is 5.57 Å². The van der Waals surface area contributed by atoms with E-state index in [0.29, 0.717) is 5.57 Å². The summed E-state index contributed by atoms with van der Waals surface area (Å²) in [6.07, 6.45) is -8.13. The van der Waals surface area contributed by atoms with Crippen molar-refractivity contribution in [2.45, 2.75) is 174 Å². The molecule has 2 heterocycles. The van der Waals surface area contributed by atoms with Crippen LogP contribution in [0.3, 0.4) is 0 Å². The number of nitrogens with one attached hydrogen (secondary N) is 1. The van der Waals surface area contributed by atoms with Gasteiger partial charge in [-0.1, -0.05) is 37.6 Å². The zero-order chi connectivity index (χ0) is 46.6. The quantitative estimate of drug-likeness (QED) is 0.139. The van der Waals surface area contributed by atoms with E-state index < -0.39 is 119 Å². The van der Waals surface area contributed by atoms with Crippen LogP contribution in [0.4, 0.5) is 4.79 Å². The molecule has 1 aromatic rings. The number of allylic oxidation sites excluding steroid dienone is 1. The second-order valence-corrected chi connectivity index (χ2v) is 19.9. The van der Waals surface area contributed by atoms with E-state index in [1.807, 2.05) is 27.7 Å². The van der Waals surface area contributed by atoms with Crippen molar-refractivity contribution in [1.82, 2.24) is 5.32 Å². The molecule has 0 radical (unpaired) electrons. The van der Waals surface area contributed by atoms with Gasteiger partial charge in [-0.15, -0.1) is 0 Å². The molecular weight excluding hydrogens is 819 g/mol. The van der Waals surface area contributed by atoms with Crippen molar-refractivity contribution >= 4 is 30.0 Å². The van der Waals surface area contributed by atoms with Crippen LogP contribution in [0, 0.1) is 23.2 Å². The van der Waals surface area contributed by atoms with Crippen molar-refractivity contribution < 1.29 is 72.1 Å². The van der Waals surface area contributed by atoms with Crippen molar-refractivity contribution in [3.8, 4) is 0 Å². The van der Waals surface area contributed by atoms with Crippen LogP contribution in [-0.2, 0) is 52.3 Å². The third-order valence-corrected chi connectivity index (χ3v) is 12.9. The topological polar surface area (TPSA) is 212 Å². The Balaban J connectivity index is 1.57. The molecule has 16 heteroatoms. The third kappa shape index (κ3) is 9.42. The van der Waals surface area contributed by atoms with Crippen LogP contribution in [0.25, 0.3) is 0 Å². The first kappa shape index (κ1) is 48.1. The number of hydrogen-bond donors (Lipinski definition) is 3. The molecule has 0 aromatic heterocycles. The average molecular weight is 884 g/mol. The predicted molar refractivity (Wildman–Crippen MR) is 225 cm³/mol. The van der Waals surface area contributed by atoms with E-state index in [1.165, 1.54) is 27.7 Å². The van der Waals surface area contributed by atoms with E-state index in [4.69, 9.17) is 37.9 Å². The van der Waals surface area contributed by atoms with Crippen LogP contribution in [0.5, 0.6) is 0 Å². The SMILES string of the molecule is CC(=O)O[C@H]1C2=C(C)[C@@H](OC(=O)[C@H](O)[C@H](CC(C)C)NC(=O)OC(C)(C)C)C[C@@]2(C(C)(C)O)[C@@H](OC(=O)c2ccccc2)[C@H]2C3[C@H](C[C@H]4OC[C@@]24OC(C)=O)O[C@H](C=C(C)C)O[C@H]31. The summed E-state index contributed by atoms with van der Waals surface area (Å²) in [4.78, 5) is 68.3. The van der Waals surface area contributed by atoms with E-state index in [2.05, 4.69) is 5.32 Å². The first-order valence-electron chi connectivity index (χ1n) is 21.8. The van der Waals surface area contributed by atoms with Crippen molar-refractivity contribution in [3.05, 3.63) is 58.7 Å². The summed E-state index contributed by atoms with van der Waals surface area (Å²) >= 11 is 0. The van der Waals surface area contributed by atoms with Gasteiger partial charge in [-0.3, -0.25) is 9.59 Å². The number of rotatable bonds is 12. The Bertz CT molecular complexity index is 1980. The molecule has 5 aliphatic rings. The second-order valence-electron chi connectivity index (χ2n) is 19.9. The highest BCUT2D eigenvalue weighted by atomic mass is 16.7. The van der Waals surface area contributed by atoms with Crippen LogP contribution in [0.1, 0.15) is 113 Å². The molecule has 348 valence electrons. The summed E-state index contributed by atoms with van der Waals surface area (Å²) in [5, 5.41) is 27.1. The van der Waals surface area contributed by atoms with E-state index in [9.17, 15) is 34.2 Å². The molecule has 1 unspecified atom stereocenters. The molecule has 16 nitrogen and oxygen atoms in total. The predicted octanol–water partition coefficient (Wildman–Crippen LogP) is 5.26. The number of esters is 4. The molecule has 4 fully saturated rings. The maximum Gasteiger partial charge on any atom is 0.407 e. The fourth-order valence-corrected chi connectivity index (χ4v) is 10.6. The fraction of sp³-hybridized carbons (Fsp3) is 0.681. The standard InChI is InChI=1S/C47H65NO15/c1-23(2)18-29(48-43(54)63-44(8,9)10)37(51)42(53)59-31-21-46(45(11,12)55)35(25(31)5)39(57-26(6)49)38-34-30(58-33(60-38)19-24(3)4)20-32-47(22-56-32,62-27(7)50)36(34)40(46)61-41(52)28-16-14-13-15-17-28/h13-17,19,23,29-34,36-40,51,55H,18,20-22H2,1-12H3,(H,48,54)/t29-,30-,31-,32+,33-,34?,36+,37+,38+,39-,40-,46-,47-/m0/s1. The Morgan fingerprint density at radius 3 is 2.16 bits per heavy atom. The van der Waals surface area contributed by atoms with Crippen LogP contribution < -0.4 is 5.32 Å². The first-order valence-corrected chi connectivity index (χ1v) is 21.8. The molecule has 3 aliphatic carbocycles. The van der Waals surface area contributed by atoms with Gasteiger partial charge >= 0.3 is 30.0 Å². The second kappa shape index (κ2) is 17.9. The summed E-state index contributed by atoms with van der Waals surface area (Å²) in [5.74, 6) is -5.08. The zero-order valence-corrected chi connectivity index (χ0v) is 38.4. The molecule has 0 spiro atoms. The normalized spacial score (nSPS) is 33.2. The largest absolute Gasteiger partial charge is 0.457 e. The van der Waals surface area contributed by atoms with Crippen molar-refractivity contribution in [2.24, 2.45) is 23.2 Å². The number of aliphatic hydroxyl groups excluding tert-OH is 1. The highest BCUT2D eigenvalue weighted by Gasteiger charge is 2.77. The maximum atomic E-state index is 14.6. The van der Waals surface area contributed by atoms with Crippen LogP contribution in [0.2, 0.25) is 0 Å². The molecule has 2 saturated heterocycles. The minimum Gasteiger partial charge on any atom is -0.457 e. The van der Waals surface area contributed by atoms with E-state index >= 15 is 0 Å². The van der Waals surface area contributed by atoms with Gasteiger partial charge < -0.3 is 53.4 Å². The molecule has 0 bridgehead atoms. The summed E-state index contributed by atoms with van der Waals surface area (Å²) in [6.45, 7) is 19.7. The number of aliphatic hydroxyl groups is 2. The highest BCUT2D eigenvalue weighted by molar-refractivity contribution is 5.89. The number of benzene rings is 1. The highest BCUT2D eigenvalue weighted by Crippen LogP contribution is 2.66. The van der Waals surface area contributed by atoms with Crippen LogP contribution in [0.15, 0.2) is 53.1 Å². The number of fused-ring (bicyclic) bond motifs is 3. The molecule has 1 amide bonds. The Kier molecular flexibility index (Phi) is 13.7. The van der Waals surface area contributed by atoms with Gasteiger partial charge in [0.05, 0.1) is 35.3 Å². The minimum atomic E-state index is -1.89. The molecular formula is C47H65NO15. The van der Waals surface area contributed by atoms with Gasteiger partial charge in [0, 0.05) is 38.5 Å². The number of amides is 1. The van der Waals surface area contributed by atoms with E-state index in [1.54, 1.807) is 64.1 Å². The molecule has 3 N–H and O–H groups in total. The molecule has 2 saturated carbocycles. The van der Waals surface area contributed by atoms with Crippen molar-refractivity contribution in [1.29, 1.82) is 0 Å². The number of carbonyl (C=O) groups is 5. The number of alkyl carbamates (subject to hydrolysis) is 1. The molecule has 6 rings (SSSR count). The zero-order valence-electron chi connectivity index (χ0n) is 38.4. The van der Waals surface area contributed by atoms with Gasteiger partial charge in [0.2, 0.25) is 0 Å². The van der Waals surface area contributed by atoms with Gasteiger partial charge in [0.25, 0.3) is 0 Å². The van der Waals surface area contributed by atoms with Crippen molar-refractivity contribution in [2.75, 3.05) is 6.61 Å². The minimum absolute atomic E-state index is 0.0805. The monoisotopic (exact) mass is 883 g/mol.